The summed E-state index contributed by atoms with van der Waals surface area (Å²) in [7, 11) is 0. The van der Waals surface area contributed by atoms with Gasteiger partial charge in [0.15, 0.2) is 0 Å². The van der Waals surface area contributed by atoms with E-state index in [1.807, 2.05) is 26.0 Å². The van der Waals surface area contributed by atoms with Gasteiger partial charge in [-0.25, -0.2) is 4.79 Å². The van der Waals surface area contributed by atoms with Crippen LogP contribution in [0.5, 0.6) is 0 Å². The smallest absolute Gasteiger partial charge is 0.405 e. The van der Waals surface area contributed by atoms with Crippen LogP contribution in [0.4, 0.5) is 4.79 Å². The van der Waals surface area contributed by atoms with Gasteiger partial charge in [-0.2, -0.15) is 0 Å². The van der Waals surface area contributed by atoms with Crippen molar-refractivity contribution in [2.45, 2.75) is 25.9 Å². The van der Waals surface area contributed by atoms with Gasteiger partial charge in [0, 0.05) is 18.8 Å². The molecule has 0 saturated heterocycles. The molecule has 0 unspecified atom stereocenters. The first-order valence-electron chi connectivity index (χ1n) is 5.48. The SMILES string of the molecule is CC(C)[C@@](CO)(Cc1ccncc1)OC(N)=O. The fourth-order valence-electron chi connectivity index (χ4n) is 1.68. The number of primary amides is 1. The molecule has 0 radical (unpaired) electrons. The molecule has 0 saturated carbocycles. The Morgan fingerprint density at radius 3 is 2.53 bits per heavy atom. The standard InChI is InChI=1S/C12H18N2O3/c1-9(2)12(8-15,17-11(13)16)7-10-3-5-14-6-4-10/h3-6,9,15H,7-8H2,1-2H3,(H2,13,16)/t12-/m0/s1. The largest absolute Gasteiger partial charge is 0.440 e. The first kappa shape index (κ1) is 13.4. The Labute approximate surface area is 101 Å². The molecule has 94 valence electrons. The van der Waals surface area contributed by atoms with E-state index in [0.717, 1.165) is 5.56 Å². The molecule has 1 heterocycles. The summed E-state index contributed by atoms with van der Waals surface area (Å²) in [6.07, 6.45) is 2.85. The van der Waals surface area contributed by atoms with Crippen LogP contribution in [0.3, 0.4) is 0 Å². The number of carbonyl (C=O) groups is 1. The molecule has 1 rings (SSSR count). The van der Waals surface area contributed by atoms with Crippen LogP contribution in [-0.4, -0.2) is 28.4 Å². The highest BCUT2D eigenvalue weighted by atomic mass is 16.6. The first-order valence-corrected chi connectivity index (χ1v) is 5.48. The number of nitrogens with two attached hydrogens (primary N) is 1. The average molecular weight is 238 g/mol. The van der Waals surface area contributed by atoms with Gasteiger partial charge in [-0.15, -0.1) is 0 Å². The second-order valence-corrected chi connectivity index (χ2v) is 4.33. The minimum Gasteiger partial charge on any atom is -0.440 e. The van der Waals surface area contributed by atoms with Gasteiger partial charge in [-0.3, -0.25) is 4.98 Å². The van der Waals surface area contributed by atoms with Crippen LogP contribution in [0.15, 0.2) is 24.5 Å². The van der Waals surface area contributed by atoms with Crippen molar-refractivity contribution in [2.24, 2.45) is 11.7 Å². The number of pyridine rings is 1. The van der Waals surface area contributed by atoms with Crippen molar-refractivity contribution >= 4 is 6.09 Å². The van der Waals surface area contributed by atoms with Crippen molar-refractivity contribution in [3.8, 4) is 0 Å². The summed E-state index contributed by atoms with van der Waals surface area (Å²) in [5.74, 6) is -0.0480. The van der Waals surface area contributed by atoms with E-state index in [0.29, 0.717) is 6.42 Å². The summed E-state index contributed by atoms with van der Waals surface area (Å²) in [6.45, 7) is 3.48. The molecule has 0 aliphatic heterocycles. The van der Waals surface area contributed by atoms with Crippen molar-refractivity contribution < 1.29 is 14.6 Å². The third-order valence-electron chi connectivity index (χ3n) is 2.88. The molecule has 0 fully saturated rings. The lowest BCUT2D eigenvalue weighted by molar-refractivity contribution is -0.0582. The summed E-state index contributed by atoms with van der Waals surface area (Å²) >= 11 is 0. The van der Waals surface area contributed by atoms with E-state index in [4.69, 9.17) is 10.5 Å². The molecule has 1 amide bonds. The predicted octanol–water partition coefficient (Wildman–Crippen LogP) is 1.11. The fraction of sp³-hybridized carbons (Fsp3) is 0.500. The molecule has 0 bridgehead atoms. The molecule has 1 aromatic heterocycles. The van der Waals surface area contributed by atoms with Crippen molar-refractivity contribution in [3.63, 3.8) is 0 Å². The van der Waals surface area contributed by atoms with Crippen LogP contribution in [0.2, 0.25) is 0 Å². The highest BCUT2D eigenvalue weighted by Gasteiger charge is 2.37. The molecule has 0 aromatic carbocycles. The van der Waals surface area contributed by atoms with Crippen molar-refractivity contribution in [3.05, 3.63) is 30.1 Å². The van der Waals surface area contributed by atoms with Crippen LogP contribution >= 0.6 is 0 Å². The number of nitrogens with zero attached hydrogens (tertiary/aromatic N) is 1. The predicted molar refractivity (Wildman–Crippen MR) is 63.3 cm³/mol. The minimum atomic E-state index is -0.979. The van der Waals surface area contributed by atoms with Crippen LogP contribution in [0.25, 0.3) is 0 Å². The summed E-state index contributed by atoms with van der Waals surface area (Å²) in [4.78, 5) is 14.9. The Bertz CT molecular complexity index is 367. The van der Waals surface area contributed by atoms with Gasteiger partial charge in [0.05, 0.1) is 6.61 Å². The Kier molecular flexibility index (Phi) is 4.45. The van der Waals surface area contributed by atoms with Gasteiger partial charge < -0.3 is 15.6 Å². The number of amides is 1. The van der Waals surface area contributed by atoms with E-state index in [-0.39, 0.29) is 12.5 Å². The average Bonchev–Trinajstić information content (AvgIpc) is 2.28. The Hall–Kier alpha value is -1.62. The molecule has 17 heavy (non-hydrogen) atoms. The molecule has 0 aliphatic carbocycles. The van der Waals surface area contributed by atoms with Gasteiger partial charge in [-0.05, 0) is 23.6 Å². The number of rotatable bonds is 5. The summed E-state index contributed by atoms with van der Waals surface area (Å²) in [5.41, 5.74) is 5.02. The maximum Gasteiger partial charge on any atom is 0.405 e. The van der Waals surface area contributed by atoms with Crippen molar-refractivity contribution in [1.29, 1.82) is 0 Å². The zero-order valence-corrected chi connectivity index (χ0v) is 10.1. The van der Waals surface area contributed by atoms with Crippen molar-refractivity contribution in [2.75, 3.05) is 6.61 Å². The normalized spacial score (nSPS) is 14.4. The van der Waals surface area contributed by atoms with E-state index < -0.39 is 11.7 Å². The van der Waals surface area contributed by atoms with Gasteiger partial charge in [0.1, 0.15) is 5.60 Å². The van der Waals surface area contributed by atoms with E-state index in [9.17, 15) is 9.90 Å². The summed E-state index contributed by atoms with van der Waals surface area (Å²) < 4.78 is 5.12. The maximum absolute atomic E-state index is 10.9. The maximum atomic E-state index is 10.9. The monoisotopic (exact) mass is 238 g/mol. The van der Waals surface area contributed by atoms with Crippen LogP contribution in [0, 0.1) is 5.92 Å². The number of carbonyl (C=O) groups excluding carboxylic acids is 1. The lowest BCUT2D eigenvalue weighted by Crippen LogP contribution is -2.47. The number of hydrogen-bond acceptors (Lipinski definition) is 4. The third-order valence-corrected chi connectivity index (χ3v) is 2.88. The van der Waals surface area contributed by atoms with Crippen LogP contribution < -0.4 is 5.73 Å². The van der Waals surface area contributed by atoms with E-state index in [2.05, 4.69) is 4.98 Å². The van der Waals surface area contributed by atoms with Crippen LogP contribution in [0.1, 0.15) is 19.4 Å². The number of aliphatic hydroxyl groups is 1. The van der Waals surface area contributed by atoms with E-state index >= 15 is 0 Å². The van der Waals surface area contributed by atoms with Crippen LogP contribution in [-0.2, 0) is 11.2 Å². The third kappa shape index (κ3) is 3.42. The minimum absolute atomic E-state index is 0.0480. The van der Waals surface area contributed by atoms with Gasteiger partial charge in [0.2, 0.25) is 0 Å². The van der Waals surface area contributed by atoms with Gasteiger partial charge in [0.25, 0.3) is 0 Å². The van der Waals surface area contributed by atoms with E-state index in [1.54, 1.807) is 12.4 Å². The molecule has 0 spiro atoms. The molecule has 5 heteroatoms. The summed E-state index contributed by atoms with van der Waals surface area (Å²) in [5, 5.41) is 9.51. The molecular formula is C12H18N2O3. The van der Waals surface area contributed by atoms with Gasteiger partial charge >= 0.3 is 6.09 Å². The molecule has 3 N–H and O–H groups in total. The number of aromatic nitrogens is 1. The number of aliphatic hydroxyl groups excluding tert-OH is 1. The lowest BCUT2D eigenvalue weighted by atomic mass is 9.85. The quantitative estimate of drug-likeness (QED) is 0.804. The van der Waals surface area contributed by atoms with Crippen molar-refractivity contribution in [1.82, 2.24) is 4.98 Å². The first-order chi connectivity index (χ1) is 8.00. The lowest BCUT2D eigenvalue weighted by Gasteiger charge is -2.34. The Morgan fingerprint density at radius 2 is 2.12 bits per heavy atom. The molecular weight excluding hydrogens is 220 g/mol. The Balaban J connectivity index is 2.94. The van der Waals surface area contributed by atoms with Gasteiger partial charge in [-0.1, -0.05) is 13.8 Å². The molecule has 5 nitrogen and oxygen atoms in total. The summed E-state index contributed by atoms with van der Waals surface area (Å²) in [6, 6.07) is 3.63. The molecule has 1 atom stereocenters. The highest BCUT2D eigenvalue weighted by molar-refractivity contribution is 5.65. The second-order valence-electron chi connectivity index (χ2n) is 4.33. The topological polar surface area (TPSA) is 85.4 Å². The highest BCUT2D eigenvalue weighted by Crippen LogP contribution is 2.26. The fourth-order valence-corrected chi connectivity index (χ4v) is 1.68. The zero-order chi connectivity index (χ0) is 12.9. The number of hydrogen-bond donors (Lipinski definition) is 2. The molecule has 1 aromatic rings. The number of ether oxygens (including phenoxy) is 1. The zero-order valence-electron chi connectivity index (χ0n) is 10.1. The van der Waals surface area contributed by atoms with E-state index in [1.165, 1.54) is 0 Å². The Morgan fingerprint density at radius 1 is 1.53 bits per heavy atom. The molecule has 0 aliphatic rings. The second kappa shape index (κ2) is 5.63.